The van der Waals surface area contributed by atoms with Crippen molar-refractivity contribution in [3.8, 4) is 0 Å². The third-order valence-corrected chi connectivity index (χ3v) is 3.55. The van der Waals surface area contributed by atoms with Crippen LogP contribution in [0, 0.1) is 0 Å². The van der Waals surface area contributed by atoms with Gasteiger partial charge in [0.1, 0.15) is 6.54 Å². The molecular weight excluding hydrogens is 307 g/mol. The standard InChI is InChI=1S/C14H15ClF3NO2/c15-11-3-1-2-10(8-11)13(20)19(9-14(16,17)18)12-4-6-21-7-5-12/h1-3,8,12H,4-7,9H2. The van der Waals surface area contributed by atoms with Crippen molar-refractivity contribution in [2.75, 3.05) is 19.8 Å². The highest BCUT2D eigenvalue weighted by molar-refractivity contribution is 6.30. The Kier molecular flexibility index (Phi) is 5.11. The molecule has 1 heterocycles. The van der Waals surface area contributed by atoms with Gasteiger partial charge in [0.2, 0.25) is 0 Å². The van der Waals surface area contributed by atoms with Crippen LogP contribution in [0.3, 0.4) is 0 Å². The summed E-state index contributed by atoms with van der Waals surface area (Å²) < 4.78 is 43.4. The van der Waals surface area contributed by atoms with Crippen LogP contribution in [0.1, 0.15) is 23.2 Å². The number of hydrogen-bond donors (Lipinski definition) is 0. The van der Waals surface area contributed by atoms with E-state index in [0.29, 0.717) is 31.1 Å². The first kappa shape index (κ1) is 16.1. The monoisotopic (exact) mass is 321 g/mol. The molecule has 3 nitrogen and oxygen atoms in total. The number of halogens is 4. The second kappa shape index (κ2) is 6.66. The number of amides is 1. The fraction of sp³-hybridized carbons (Fsp3) is 0.500. The molecule has 0 bridgehead atoms. The van der Waals surface area contributed by atoms with Gasteiger partial charge in [-0.25, -0.2) is 0 Å². The molecule has 116 valence electrons. The number of carbonyl (C=O) groups excluding carboxylic acids is 1. The summed E-state index contributed by atoms with van der Waals surface area (Å²) >= 11 is 5.80. The first-order valence-corrected chi connectivity index (χ1v) is 6.95. The van der Waals surface area contributed by atoms with E-state index in [1.54, 1.807) is 12.1 Å². The van der Waals surface area contributed by atoms with Crippen molar-refractivity contribution in [1.29, 1.82) is 0 Å². The SMILES string of the molecule is O=C(c1cccc(Cl)c1)N(CC(F)(F)F)C1CCOCC1. The summed E-state index contributed by atoms with van der Waals surface area (Å²) in [6.45, 7) is -0.535. The van der Waals surface area contributed by atoms with Gasteiger partial charge in [-0.1, -0.05) is 17.7 Å². The van der Waals surface area contributed by atoms with Gasteiger partial charge >= 0.3 is 6.18 Å². The molecule has 1 aromatic carbocycles. The molecule has 0 aliphatic carbocycles. The van der Waals surface area contributed by atoms with Crippen LogP contribution in [0.2, 0.25) is 5.02 Å². The lowest BCUT2D eigenvalue weighted by Gasteiger charge is -2.34. The van der Waals surface area contributed by atoms with Crippen molar-refractivity contribution in [3.05, 3.63) is 34.9 Å². The molecule has 1 saturated heterocycles. The van der Waals surface area contributed by atoms with Gasteiger partial charge in [-0.05, 0) is 31.0 Å². The summed E-state index contributed by atoms with van der Waals surface area (Å²) in [5, 5.41) is 0.319. The zero-order valence-electron chi connectivity index (χ0n) is 11.2. The van der Waals surface area contributed by atoms with Crippen molar-refractivity contribution in [3.63, 3.8) is 0 Å². The van der Waals surface area contributed by atoms with Crippen molar-refractivity contribution in [2.45, 2.75) is 25.1 Å². The third-order valence-electron chi connectivity index (χ3n) is 3.31. The maximum absolute atomic E-state index is 12.8. The van der Waals surface area contributed by atoms with Crippen molar-refractivity contribution >= 4 is 17.5 Å². The van der Waals surface area contributed by atoms with E-state index in [9.17, 15) is 18.0 Å². The van der Waals surface area contributed by atoms with Crippen LogP contribution in [0.15, 0.2) is 24.3 Å². The molecule has 0 N–H and O–H groups in total. The van der Waals surface area contributed by atoms with Crippen molar-refractivity contribution < 1.29 is 22.7 Å². The summed E-state index contributed by atoms with van der Waals surface area (Å²) in [5.74, 6) is -0.651. The second-order valence-electron chi connectivity index (χ2n) is 4.90. The normalized spacial score (nSPS) is 16.8. The van der Waals surface area contributed by atoms with Crippen molar-refractivity contribution in [1.82, 2.24) is 4.90 Å². The summed E-state index contributed by atoms with van der Waals surface area (Å²) in [7, 11) is 0. The molecule has 2 rings (SSSR count). The zero-order chi connectivity index (χ0) is 15.5. The fourth-order valence-corrected chi connectivity index (χ4v) is 2.53. The van der Waals surface area contributed by atoms with Gasteiger partial charge in [-0.3, -0.25) is 4.79 Å². The van der Waals surface area contributed by atoms with Crippen LogP contribution >= 0.6 is 11.6 Å². The Balaban J connectivity index is 2.23. The molecule has 1 amide bonds. The van der Waals surface area contributed by atoms with Gasteiger partial charge in [-0.15, -0.1) is 0 Å². The van der Waals surface area contributed by atoms with E-state index in [0.717, 1.165) is 4.90 Å². The average Bonchev–Trinajstić information content (AvgIpc) is 2.44. The number of ether oxygens (including phenoxy) is 1. The molecule has 1 fully saturated rings. The smallest absolute Gasteiger partial charge is 0.381 e. The predicted octanol–water partition coefficient (Wildman–Crippen LogP) is 3.52. The largest absolute Gasteiger partial charge is 0.406 e. The lowest BCUT2D eigenvalue weighted by atomic mass is 10.1. The third kappa shape index (κ3) is 4.61. The van der Waals surface area contributed by atoms with Crippen LogP contribution in [-0.4, -0.2) is 42.8 Å². The van der Waals surface area contributed by atoms with Crippen LogP contribution in [0.5, 0.6) is 0 Å². The fourth-order valence-electron chi connectivity index (χ4n) is 2.34. The van der Waals surface area contributed by atoms with E-state index in [2.05, 4.69) is 0 Å². The van der Waals surface area contributed by atoms with Gasteiger partial charge in [0.05, 0.1) is 0 Å². The quantitative estimate of drug-likeness (QED) is 0.852. The van der Waals surface area contributed by atoms with E-state index in [1.807, 2.05) is 0 Å². The highest BCUT2D eigenvalue weighted by atomic mass is 35.5. The van der Waals surface area contributed by atoms with Gasteiger partial charge in [0.25, 0.3) is 5.91 Å². The summed E-state index contributed by atoms with van der Waals surface area (Å²) in [6, 6.07) is 5.50. The van der Waals surface area contributed by atoms with Crippen LogP contribution in [-0.2, 0) is 4.74 Å². The molecule has 1 aromatic rings. The molecule has 7 heteroatoms. The van der Waals surface area contributed by atoms with E-state index in [4.69, 9.17) is 16.3 Å². The van der Waals surface area contributed by atoms with Crippen LogP contribution < -0.4 is 0 Å². The first-order valence-electron chi connectivity index (χ1n) is 6.58. The molecule has 0 saturated carbocycles. The van der Waals surface area contributed by atoms with Crippen LogP contribution in [0.4, 0.5) is 13.2 Å². The Bertz CT molecular complexity index is 501. The number of rotatable bonds is 3. The lowest BCUT2D eigenvalue weighted by Crippen LogP contribution is -2.47. The molecule has 0 atom stereocenters. The molecule has 0 aromatic heterocycles. The molecular formula is C14H15ClF3NO2. The molecule has 21 heavy (non-hydrogen) atoms. The van der Waals surface area contributed by atoms with E-state index < -0.39 is 24.7 Å². The second-order valence-corrected chi connectivity index (χ2v) is 5.34. The van der Waals surface area contributed by atoms with Crippen molar-refractivity contribution in [2.24, 2.45) is 0 Å². The van der Waals surface area contributed by atoms with E-state index in [-0.39, 0.29) is 5.56 Å². The topological polar surface area (TPSA) is 29.5 Å². The summed E-state index contributed by atoms with van der Waals surface area (Å²) in [5.41, 5.74) is 0.165. The maximum atomic E-state index is 12.8. The average molecular weight is 322 g/mol. The number of benzene rings is 1. The Labute approximate surface area is 125 Å². The number of carbonyl (C=O) groups is 1. The Morgan fingerprint density at radius 3 is 2.57 bits per heavy atom. The Morgan fingerprint density at radius 2 is 2.00 bits per heavy atom. The number of alkyl halides is 3. The van der Waals surface area contributed by atoms with Gasteiger partial charge in [-0.2, -0.15) is 13.2 Å². The molecule has 0 unspecified atom stereocenters. The molecule has 1 aliphatic heterocycles. The van der Waals surface area contributed by atoms with Gasteiger partial charge in [0, 0.05) is 29.8 Å². The highest BCUT2D eigenvalue weighted by Gasteiger charge is 2.37. The van der Waals surface area contributed by atoms with E-state index in [1.165, 1.54) is 12.1 Å². The first-order chi connectivity index (χ1) is 9.87. The number of hydrogen-bond acceptors (Lipinski definition) is 2. The summed E-state index contributed by atoms with van der Waals surface area (Å²) in [6.07, 6.45) is -3.63. The van der Waals surface area contributed by atoms with Crippen LogP contribution in [0.25, 0.3) is 0 Å². The number of nitrogens with zero attached hydrogens (tertiary/aromatic N) is 1. The minimum Gasteiger partial charge on any atom is -0.381 e. The summed E-state index contributed by atoms with van der Waals surface area (Å²) in [4.78, 5) is 13.3. The molecule has 0 radical (unpaired) electrons. The highest BCUT2D eigenvalue weighted by Crippen LogP contribution is 2.24. The Morgan fingerprint density at radius 1 is 1.33 bits per heavy atom. The minimum absolute atomic E-state index is 0.165. The van der Waals surface area contributed by atoms with E-state index >= 15 is 0 Å². The molecule has 1 aliphatic rings. The minimum atomic E-state index is -4.44. The zero-order valence-corrected chi connectivity index (χ0v) is 12.0. The van der Waals surface area contributed by atoms with Gasteiger partial charge < -0.3 is 9.64 Å². The molecule has 0 spiro atoms. The predicted molar refractivity (Wildman–Crippen MR) is 72.4 cm³/mol. The Hall–Kier alpha value is -1.27. The maximum Gasteiger partial charge on any atom is 0.406 e. The lowest BCUT2D eigenvalue weighted by molar-refractivity contribution is -0.147. The van der Waals surface area contributed by atoms with Gasteiger partial charge in [0.15, 0.2) is 0 Å².